The van der Waals surface area contributed by atoms with E-state index in [-0.39, 0.29) is 92.6 Å². The number of benzene rings is 6. The summed E-state index contributed by atoms with van der Waals surface area (Å²) in [4.78, 5) is 0. The van der Waals surface area contributed by atoms with Gasteiger partial charge in [-0.25, -0.2) is 52.7 Å². The highest BCUT2D eigenvalue weighted by Gasteiger charge is 2.48. The first kappa shape index (κ1) is 47.9. The monoisotopic (exact) mass is 1010 g/mol. The van der Waals surface area contributed by atoms with Crippen LogP contribution in [0, 0.1) is 69.8 Å². The molecule has 0 radical (unpaired) electrons. The zero-order valence-electron chi connectivity index (χ0n) is 34.8. The second-order valence-electron chi connectivity index (χ2n) is 16.9. The fraction of sp³-hybridized carbons (Fsp3) is 0.265. The van der Waals surface area contributed by atoms with E-state index in [2.05, 4.69) is 0 Å². The third-order valence-corrected chi connectivity index (χ3v) is 13.0. The van der Waals surface area contributed by atoms with E-state index in [1.54, 1.807) is 0 Å². The molecule has 2 N–H and O–H groups in total. The topological polar surface area (TPSA) is 58.9 Å². The Morgan fingerprint density at radius 1 is 0.403 bits per heavy atom. The number of aliphatic hydroxyl groups is 2. The van der Waals surface area contributed by atoms with Gasteiger partial charge in [-0.15, -0.1) is 0 Å². The van der Waals surface area contributed by atoms with Crippen LogP contribution in [0.3, 0.4) is 0 Å². The summed E-state index contributed by atoms with van der Waals surface area (Å²) in [6.45, 7) is 0.383. The number of rotatable bonds is 6. The van der Waals surface area contributed by atoms with Gasteiger partial charge < -0.3 is 41.2 Å². The lowest BCUT2D eigenvalue weighted by atomic mass is 9.74. The predicted octanol–water partition coefficient (Wildman–Crippen LogP) is 8.16. The highest BCUT2D eigenvalue weighted by atomic mass is 79.9. The van der Waals surface area contributed by atoms with E-state index in [1.165, 1.54) is 24.3 Å². The highest BCUT2D eigenvalue weighted by molar-refractivity contribution is 5.85. The third-order valence-electron chi connectivity index (χ3n) is 13.0. The molecule has 3 heterocycles. The second kappa shape index (κ2) is 17.8. The molecule has 0 bridgehead atoms. The van der Waals surface area contributed by atoms with Crippen LogP contribution >= 0.6 is 0 Å². The number of nitrogens with zero attached hydrogens (tertiary/aromatic N) is 1. The molecule has 3 aliphatic rings. The molecule has 5 nitrogen and oxygen atoms in total. The number of quaternary nitrogens is 1. The molecule has 0 saturated carbocycles. The fourth-order valence-electron chi connectivity index (χ4n) is 9.86. The van der Waals surface area contributed by atoms with Crippen molar-refractivity contribution in [2.75, 3.05) is 26.3 Å². The van der Waals surface area contributed by atoms with Gasteiger partial charge in [-0.1, -0.05) is 12.1 Å². The lowest BCUT2D eigenvalue weighted by molar-refractivity contribution is -0.957. The summed E-state index contributed by atoms with van der Waals surface area (Å²) in [5, 5.41) is 26.4. The van der Waals surface area contributed by atoms with Crippen LogP contribution in [-0.4, -0.2) is 41.0 Å². The van der Waals surface area contributed by atoms with E-state index >= 15 is 35.1 Å². The molecule has 0 aromatic heterocycles. The maximum Gasteiger partial charge on any atom is 0.194 e. The van der Waals surface area contributed by atoms with Gasteiger partial charge in [-0.2, -0.15) is 0 Å². The lowest BCUT2D eigenvalue weighted by Crippen LogP contribution is -3.00. The van der Waals surface area contributed by atoms with Crippen molar-refractivity contribution in [1.82, 2.24) is 0 Å². The van der Waals surface area contributed by atoms with Crippen molar-refractivity contribution in [3.05, 3.63) is 187 Å². The lowest BCUT2D eigenvalue weighted by Gasteiger charge is -2.43. The molecular weight excluding hydrogens is 974 g/mol. The molecule has 67 heavy (non-hydrogen) atoms. The Bertz CT molecular complexity index is 2560. The molecule has 1 spiro atoms. The normalized spacial score (nSPS) is 15.8. The highest BCUT2D eigenvalue weighted by Crippen LogP contribution is 2.55. The quantitative estimate of drug-likeness (QED) is 0.0767. The Kier molecular flexibility index (Phi) is 12.8. The molecule has 0 aliphatic carbocycles. The summed E-state index contributed by atoms with van der Waals surface area (Å²) in [6.07, 6.45) is 2.64. The van der Waals surface area contributed by atoms with Crippen LogP contribution in [0.5, 0.6) is 11.5 Å². The molecule has 0 unspecified atom stereocenters. The Hall–Kier alpha value is -5.56. The smallest absolute Gasteiger partial charge is 0.194 e. The van der Waals surface area contributed by atoms with Crippen molar-refractivity contribution in [2.24, 2.45) is 0 Å². The van der Waals surface area contributed by atoms with E-state index < -0.39 is 103 Å². The molecule has 9 rings (SSSR count). The Labute approximate surface area is 385 Å². The first-order valence-corrected chi connectivity index (χ1v) is 20.9. The minimum atomic E-state index is -3.04. The van der Waals surface area contributed by atoms with Crippen molar-refractivity contribution in [3.8, 4) is 22.6 Å². The number of piperidine rings is 1. The van der Waals surface area contributed by atoms with Gasteiger partial charge >= 0.3 is 0 Å². The minimum absolute atomic E-state index is 0. The zero-order valence-corrected chi connectivity index (χ0v) is 36.4. The average Bonchev–Trinajstić information content (AvgIpc) is 3.43. The first-order chi connectivity index (χ1) is 31.4. The standard InChI is InChI=1S/C49H36F12NO4.BrH/c50-32-14-24(15-33(51)44(32)58)48(63,25-16-34(52)45(59)35(53)17-25)30-6-8-40-42-28(30)22-62(10-2-1-3-11-62)23-29-31(7-9-41(43(29)42)66-13-5-4-12-65-40)49(64,26-18-36(54)46(60)37(55)19-26)27-20-38(56)47(61)39(57)21-27;/h6-9,14-21,63-64H,1-5,10-13,22-23H2;1H/q+1;/p-1. The summed E-state index contributed by atoms with van der Waals surface area (Å²) in [7, 11) is 0. The molecule has 6 aromatic carbocycles. The van der Waals surface area contributed by atoms with E-state index in [1.807, 2.05) is 0 Å². The number of hydrogen-bond donors (Lipinski definition) is 2. The van der Waals surface area contributed by atoms with Crippen molar-refractivity contribution in [3.63, 3.8) is 0 Å². The van der Waals surface area contributed by atoms with Crippen LogP contribution in [0.15, 0.2) is 72.8 Å². The molecule has 352 valence electrons. The summed E-state index contributed by atoms with van der Waals surface area (Å²) in [5.41, 5.74) is -9.59. The number of ether oxygens (including phenoxy) is 2. The maximum atomic E-state index is 15.3. The van der Waals surface area contributed by atoms with Gasteiger partial charge in [-0.3, -0.25) is 0 Å². The van der Waals surface area contributed by atoms with Crippen molar-refractivity contribution in [1.29, 1.82) is 0 Å². The molecule has 1 fully saturated rings. The minimum Gasteiger partial charge on any atom is -1.00 e. The van der Waals surface area contributed by atoms with Gasteiger partial charge in [0, 0.05) is 33.4 Å². The van der Waals surface area contributed by atoms with E-state index in [4.69, 9.17) is 9.47 Å². The van der Waals surface area contributed by atoms with Crippen molar-refractivity contribution < 1.29 is 93.8 Å². The predicted molar refractivity (Wildman–Crippen MR) is 213 cm³/mol. The molecule has 0 amide bonds. The third kappa shape index (κ3) is 7.92. The SMILES string of the molecule is OC(c1cc(F)c(F)c(F)c1)(c1cc(F)c(F)c(F)c1)c1ccc2c3c1C[N+]1(CCCCC1)Cc1c(C(O)(c4cc(F)c(F)c(F)c4)c4cc(F)c(F)c(F)c4)ccc(c1-3)OCCCCO2.[Br-]. The van der Waals surface area contributed by atoms with Gasteiger partial charge in [0.05, 0.1) is 26.3 Å². The number of halogens is 13. The average molecular weight is 1010 g/mol. The summed E-state index contributed by atoms with van der Waals surface area (Å²) < 4.78 is 193. The van der Waals surface area contributed by atoms with Crippen molar-refractivity contribution in [2.45, 2.75) is 56.4 Å². The van der Waals surface area contributed by atoms with E-state index in [0.29, 0.717) is 93.7 Å². The van der Waals surface area contributed by atoms with Crippen LogP contribution in [0.2, 0.25) is 0 Å². The van der Waals surface area contributed by atoms with Crippen LogP contribution < -0.4 is 26.5 Å². The summed E-state index contributed by atoms with van der Waals surface area (Å²) in [6, 6.07) is 8.48. The Balaban J connectivity index is 0.00000608. The molecule has 1 saturated heterocycles. The van der Waals surface area contributed by atoms with Crippen LogP contribution in [0.25, 0.3) is 11.1 Å². The second-order valence-corrected chi connectivity index (χ2v) is 16.9. The van der Waals surface area contributed by atoms with Crippen LogP contribution in [0.4, 0.5) is 52.7 Å². The molecule has 0 atom stereocenters. The Morgan fingerprint density at radius 2 is 0.687 bits per heavy atom. The van der Waals surface area contributed by atoms with Gasteiger partial charge in [-0.05, 0) is 115 Å². The van der Waals surface area contributed by atoms with Gasteiger partial charge in [0.15, 0.2) is 69.8 Å². The zero-order chi connectivity index (χ0) is 47.0. The largest absolute Gasteiger partial charge is 1.00 e. The van der Waals surface area contributed by atoms with Crippen LogP contribution in [0.1, 0.15) is 76.6 Å². The molecular formula is C49H36BrF12NO4. The molecule has 18 heteroatoms. The summed E-state index contributed by atoms with van der Waals surface area (Å²) in [5.74, 6) is -22.1. The fourth-order valence-corrected chi connectivity index (χ4v) is 9.86. The van der Waals surface area contributed by atoms with E-state index in [9.17, 15) is 27.8 Å². The maximum absolute atomic E-state index is 15.3. The van der Waals surface area contributed by atoms with Crippen LogP contribution in [-0.2, 0) is 24.3 Å². The first-order valence-electron chi connectivity index (χ1n) is 20.9. The number of hydrogen-bond acceptors (Lipinski definition) is 4. The molecule has 3 aliphatic heterocycles. The summed E-state index contributed by atoms with van der Waals surface area (Å²) >= 11 is 0. The van der Waals surface area contributed by atoms with Gasteiger partial charge in [0.1, 0.15) is 35.8 Å². The van der Waals surface area contributed by atoms with Gasteiger partial charge in [0.2, 0.25) is 0 Å². The Morgan fingerprint density at radius 3 is 0.970 bits per heavy atom. The van der Waals surface area contributed by atoms with E-state index in [0.717, 1.165) is 0 Å². The van der Waals surface area contributed by atoms with Crippen molar-refractivity contribution >= 4 is 0 Å². The van der Waals surface area contributed by atoms with Gasteiger partial charge in [0.25, 0.3) is 0 Å². The molecule has 6 aromatic rings.